The number of hydrogen-bond donors (Lipinski definition) is 1. The van der Waals surface area contributed by atoms with Crippen molar-refractivity contribution in [3.05, 3.63) is 29.6 Å². The maximum absolute atomic E-state index is 14.2. The molecule has 1 aromatic rings. The molecule has 0 atom stereocenters. The molecule has 1 fully saturated rings. The predicted octanol–water partition coefficient (Wildman–Crippen LogP) is 3.56. The van der Waals surface area contributed by atoms with Crippen molar-refractivity contribution >= 4 is 5.69 Å². The van der Waals surface area contributed by atoms with Gasteiger partial charge in [-0.2, -0.15) is 0 Å². The van der Waals surface area contributed by atoms with E-state index in [1.54, 1.807) is 12.1 Å². The van der Waals surface area contributed by atoms with E-state index >= 15 is 0 Å². The van der Waals surface area contributed by atoms with Gasteiger partial charge in [0, 0.05) is 19.6 Å². The third kappa shape index (κ3) is 3.47. The number of nitrogens with one attached hydrogen (secondary N) is 1. The van der Waals surface area contributed by atoms with Gasteiger partial charge in [-0.25, -0.2) is 4.39 Å². The van der Waals surface area contributed by atoms with Gasteiger partial charge in [-0.3, -0.25) is 0 Å². The molecule has 106 valence electrons. The van der Waals surface area contributed by atoms with E-state index in [0.717, 1.165) is 37.2 Å². The van der Waals surface area contributed by atoms with Crippen LogP contribution in [0.25, 0.3) is 0 Å². The van der Waals surface area contributed by atoms with Gasteiger partial charge in [0.2, 0.25) is 0 Å². The molecule has 2 nitrogen and oxygen atoms in total. The van der Waals surface area contributed by atoms with Crippen LogP contribution in [-0.4, -0.2) is 20.1 Å². The van der Waals surface area contributed by atoms with Crippen molar-refractivity contribution in [1.29, 1.82) is 0 Å². The van der Waals surface area contributed by atoms with Crippen LogP contribution in [0.5, 0.6) is 0 Å². The van der Waals surface area contributed by atoms with Gasteiger partial charge in [0.25, 0.3) is 0 Å². The summed E-state index contributed by atoms with van der Waals surface area (Å²) in [4.78, 5) is 2.23. The van der Waals surface area contributed by atoms with Crippen LogP contribution in [0.2, 0.25) is 0 Å². The Kier molecular flexibility index (Phi) is 4.46. The Balaban J connectivity index is 2.25. The Hall–Kier alpha value is -1.09. The van der Waals surface area contributed by atoms with Crippen LogP contribution in [0.3, 0.4) is 0 Å². The number of nitrogens with zero attached hydrogens (tertiary/aromatic N) is 1. The normalized spacial score (nSPS) is 19.3. The standard InChI is InChI=1S/C16H25FN2/c1-16(2)8-5-10-19(11-9-16)15-13(12-18-3)6-4-7-14(15)17/h4,6-7,18H,5,8-12H2,1-3H3. The third-order valence-electron chi connectivity index (χ3n) is 4.09. The summed E-state index contributed by atoms with van der Waals surface area (Å²) in [5, 5.41) is 3.13. The maximum Gasteiger partial charge on any atom is 0.146 e. The number of benzene rings is 1. The summed E-state index contributed by atoms with van der Waals surface area (Å²) < 4.78 is 14.2. The van der Waals surface area contributed by atoms with E-state index in [1.807, 2.05) is 13.1 Å². The number of rotatable bonds is 3. The number of para-hydroxylation sites is 1. The van der Waals surface area contributed by atoms with Crippen LogP contribution in [0, 0.1) is 11.2 Å². The molecule has 0 bridgehead atoms. The highest BCUT2D eigenvalue weighted by atomic mass is 19.1. The summed E-state index contributed by atoms with van der Waals surface area (Å²) in [5.41, 5.74) is 2.24. The fraction of sp³-hybridized carbons (Fsp3) is 0.625. The fourth-order valence-electron chi connectivity index (χ4n) is 2.89. The second kappa shape index (κ2) is 5.91. The molecule has 0 unspecified atom stereocenters. The lowest BCUT2D eigenvalue weighted by Crippen LogP contribution is -2.27. The first-order chi connectivity index (χ1) is 9.03. The minimum absolute atomic E-state index is 0.0903. The Bertz CT molecular complexity index is 429. The van der Waals surface area contributed by atoms with Crippen molar-refractivity contribution in [2.75, 3.05) is 25.0 Å². The van der Waals surface area contributed by atoms with E-state index in [1.165, 1.54) is 6.42 Å². The highest BCUT2D eigenvalue weighted by Crippen LogP contribution is 2.33. The first-order valence-electron chi connectivity index (χ1n) is 7.20. The van der Waals surface area contributed by atoms with Gasteiger partial charge in [-0.15, -0.1) is 0 Å². The lowest BCUT2D eigenvalue weighted by atomic mass is 9.85. The van der Waals surface area contributed by atoms with Crippen LogP contribution in [0.15, 0.2) is 18.2 Å². The van der Waals surface area contributed by atoms with Crippen LogP contribution in [0.4, 0.5) is 10.1 Å². The number of anilines is 1. The number of hydrogen-bond acceptors (Lipinski definition) is 2. The smallest absolute Gasteiger partial charge is 0.146 e. The zero-order valence-electron chi connectivity index (χ0n) is 12.3. The summed E-state index contributed by atoms with van der Waals surface area (Å²) in [5.74, 6) is -0.0903. The second-order valence-corrected chi connectivity index (χ2v) is 6.28. The fourth-order valence-corrected chi connectivity index (χ4v) is 2.89. The lowest BCUT2D eigenvalue weighted by Gasteiger charge is -2.27. The Labute approximate surface area is 116 Å². The summed E-state index contributed by atoms with van der Waals surface area (Å²) in [6.07, 6.45) is 3.49. The molecule has 1 aliphatic heterocycles. The SMILES string of the molecule is CNCc1cccc(F)c1N1CCCC(C)(C)CC1. The Morgan fingerprint density at radius 3 is 2.79 bits per heavy atom. The molecule has 1 aromatic carbocycles. The molecule has 0 radical (unpaired) electrons. The van der Waals surface area contributed by atoms with Gasteiger partial charge >= 0.3 is 0 Å². The predicted molar refractivity (Wildman–Crippen MR) is 79.0 cm³/mol. The highest BCUT2D eigenvalue weighted by Gasteiger charge is 2.25. The summed E-state index contributed by atoms with van der Waals surface area (Å²) in [6.45, 7) is 7.25. The van der Waals surface area contributed by atoms with Gasteiger partial charge in [0.1, 0.15) is 5.82 Å². The molecular formula is C16H25FN2. The van der Waals surface area contributed by atoms with Crippen molar-refractivity contribution in [3.8, 4) is 0 Å². The topological polar surface area (TPSA) is 15.3 Å². The van der Waals surface area contributed by atoms with E-state index in [-0.39, 0.29) is 5.82 Å². The molecule has 0 aliphatic carbocycles. The third-order valence-corrected chi connectivity index (χ3v) is 4.09. The Morgan fingerprint density at radius 2 is 2.05 bits per heavy atom. The average molecular weight is 264 g/mol. The molecular weight excluding hydrogens is 239 g/mol. The summed E-state index contributed by atoms with van der Waals surface area (Å²) in [6, 6.07) is 5.39. The van der Waals surface area contributed by atoms with Crippen LogP contribution >= 0.6 is 0 Å². The van der Waals surface area contributed by atoms with Crippen LogP contribution < -0.4 is 10.2 Å². The van der Waals surface area contributed by atoms with Crippen molar-refractivity contribution in [1.82, 2.24) is 5.32 Å². The quantitative estimate of drug-likeness (QED) is 0.898. The Morgan fingerprint density at radius 1 is 1.26 bits per heavy atom. The first-order valence-corrected chi connectivity index (χ1v) is 7.20. The van der Waals surface area contributed by atoms with Crippen molar-refractivity contribution in [2.45, 2.75) is 39.7 Å². The molecule has 0 saturated carbocycles. The van der Waals surface area contributed by atoms with Crippen molar-refractivity contribution < 1.29 is 4.39 Å². The van der Waals surface area contributed by atoms with Crippen LogP contribution in [0.1, 0.15) is 38.7 Å². The second-order valence-electron chi connectivity index (χ2n) is 6.28. The van der Waals surface area contributed by atoms with E-state index in [9.17, 15) is 4.39 Å². The molecule has 0 amide bonds. The molecule has 19 heavy (non-hydrogen) atoms. The molecule has 3 heteroatoms. The van der Waals surface area contributed by atoms with E-state index < -0.39 is 0 Å². The average Bonchev–Trinajstić information content (AvgIpc) is 2.51. The van der Waals surface area contributed by atoms with Gasteiger partial charge in [0.05, 0.1) is 5.69 Å². The molecule has 1 saturated heterocycles. The molecule has 1 heterocycles. The van der Waals surface area contributed by atoms with Crippen LogP contribution in [-0.2, 0) is 6.54 Å². The minimum atomic E-state index is -0.0903. The molecule has 1 aliphatic rings. The largest absolute Gasteiger partial charge is 0.369 e. The van der Waals surface area contributed by atoms with Crippen molar-refractivity contribution in [3.63, 3.8) is 0 Å². The monoisotopic (exact) mass is 264 g/mol. The van der Waals surface area contributed by atoms with Gasteiger partial charge < -0.3 is 10.2 Å². The van der Waals surface area contributed by atoms with Gasteiger partial charge in [-0.1, -0.05) is 26.0 Å². The maximum atomic E-state index is 14.2. The molecule has 2 rings (SSSR count). The van der Waals surface area contributed by atoms with E-state index in [2.05, 4.69) is 24.1 Å². The lowest BCUT2D eigenvalue weighted by molar-refractivity contribution is 0.325. The molecule has 1 N–H and O–H groups in total. The highest BCUT2D eigenvalue weighted by molar-refractivity contribution is 5.55. The number of halogens is 1. The summed E-state index contributed by atoms with van der Waals surface area (Å²) >= 11 is 0. The first kappa shape index (κ1) is 14.3. The van der Waals surface area contributed by atoms with E-state index in [4.69, 9.17) is 0 Å². The van der Waals surface area contributed by atoms with Gasteiger partial charge in [0.15, 0.2) is 0 Å². The minimum Gasteiger partial charge on any atom is -0.369 e. The molecule has 0 aromatic heterocycles. The zero-order valence-corrected chi connectivity index (χ0v) is 12.3. The van der Waals surface area contributed by atoms with Crippen molar-refractivity contribution in [2.24, 2.45) is 5.41 Å². The summed E-state index contributed by atoms with van der Waals surface area (Å²) in [7, 11) is 1.90. The van der Waals surface area contributed by atoms with E-state index in [0.29, 0.717) is 12.0 Å². The molecule has 0 spiro atoms. The zero-order chi connectivity index (χ0) is 13.9. The van der Waals surface area contributed by atoms with Gasteiger partial charge in [-0.05, 0) is 43.4 Å².